The molecule has 1 saturated carbocycles. The third-order valence-corrected chi connectivity index (χ3v) is 5.47. The summed E-state index contributed by atoms with van der Waals surface area (Å²) in [6.07, 6.45) is 5.15. The molecule has 0 aliphatic heterocycles. The van der Waals surface area contributed by atoms with Crippen molar-refractivity contribution in [2.45, 2.75) is 24.7 Å². The first-order valence-corrected chi connectivity index (χ1v) is 9.46. The standard InChI is InChI=1S/C22H25FN4.HI/c1-24-21(25-12-9-16-14-26-20-8-3-2-7-19(16)20)27-15-22(10-11-22)17-5-4-6-18(23)13-17;/h2-8,13-14,26H,9-12,15H2,1H3,(H2,24,25,27);1H. The molecule has 28 heavy (non-hydrogen) atoms. The largest absolute Gasteiger partial charge is 0.361 e. The first-order chi connectivity index (χ1) is 13.2. The van der Waals surface area contributed by atoms with Crippen LogP contribution in [0.2, 0.25) is 0 Å². The molecular weight excluding hydrogens is 466 g/mol. The molecular formula is C22H26FIN4. The summed E-state index contributed by atoms with van der Waals surface area (Å²) in [6.45, 7) is 1.57. The van der Waals surface area contributed by atoms with Gasteiger partial charge in [-0.2, -0.15) is 0 Å². The number of hydrogen-bond acceptors (Lipinski definition) is 1. The number of hydrogen-bond donors (Lipinski definition) is 3. The number of fused-ring (bicyclic) bond motifs is 1. The van der Waals surface area contributed by atoms with Gasteiger partial charge in [-0.05, 0) is 48.6 Å². The fourth-order valence-electron chi connectivity index (χ4n) is 3.66. The Labute approximate surface area is 182 Å². The fraction of sp³-hybridized carbons (Fsp3) is 0.318. The molecule has 148 valence electrons. The van der Waals surface area contributed by atoms with Crippen LogP contribution in [-0.4, -0.2) is 31.1 Å². The number of rotatable bonds is 6. The Balaban J connectivity index is 0.00000225. The fourth-order valence-corrected chi connectivity index (χ4v) is 3.66. The van der Waals surface area contributed by atoms with E-state index in [1.165, 1.54) is 22.5 Å². The zero-order valence-corrected chi connectivity index (χ0v) is 18.3. The highest BCUT2D eigenvalue weighted by molar-refractivity contribution is 14.0. The van der Waals surface area contributed by atoms with E-state index in [1.54, 1.807) is 19.2 Å². The van der Waals surface area contributed by atoms with E-state index in [2.05, 4.69) is 45.0 Å². The van der Waals surface area contributed by atoms with E-state index in [0.29, 0.717) is 0 Å². The minimum absolute atomic E-state index is 0. The molecule has 4 nitrogen and oxygen atoms in total. The third kappa shape index (κ3) is 4.48. The molecule has 1 aliphatic rings. The number of aromatic nitrogens is 1. The topological polar surface area (TPSA) is 52.2 Å². The van der Waals surface area contributed by atoms with Gasteiger partial charge < -0.3 is 15.6 Å². The van der Waals surface area contributed by atoms with Crippen molar-refractivity contribution in [3.8, 4) is 0 Å². The van der Waals surface area contributed by atoms with Crippen LogP contribution in [0.3, 0.4) is 0 Å². The first-order valence-electron chi connectivity index (χ1n) is 9.46. The van der Waals surface area contributed by atoms with Crippen molar-refractivity contribution in [3.05, 3.63) is 71.7 Å². The lowest BCUT2D eigenvalue weighted by Gasteiger charge is -2.19. The molecule has 1 fully saturated rings. The van der Waals surface area contributed by atoms with Gasteiger partial charge in [0.25, 0.3) is 0 Å². The first kappa shape index (κ1) is 20.6. The van der Waals surface area contributed by atoms with Crippen LogP contribution < -0.4 is 10.6 Å². The molecule has 1 heterocycles. The zero-order valence-electron chi connectivity index (χ0n) is 16.0. The molecule has 0 atom stereocenters. The molecule has 3 aromatic rings. The van der Waals surface area contributed by atoms with Crippen molar-refractivity contribution in [3.63, 3.8) is 0 Å². The normalized spacial score (nSPS) is 15.1. The van der Waals surface area contributed by atoms with E-state index in [1.807, 2.05) is 12.1 Å². The molecule has 6 heteroatoms. The summed E-state index contributed by atoms with van der Waals surface area (Å²) in [7, 11) is 1.78. The maximum Gasteiger partial charge on any atom is 0.191 e. The Bertz CT molecular complexity index is 962. The number of guanidine groups is 1. The van der Waals surface area contributed by atoms with E-state index >= 15 is 0 Å². The number of para-hydroxylation sites is 1. The van der Waals surface area contributed by atoms with E-state index in [0.717, 1.165) is 43.9 Å². The van der Waals surface area contributed by atoms with Gasteiger partial charge in [-0.25, -0.2) is 4.39 Å². The summed E-state index contributed by atoms with van der Waals surface area (Å²) >= 11 is 0. The highest BCUT2D eigenvalue weighted by Gasteiger charge is 2.44. The molecule has 2 aromatic carbocycles. The molecule has 1 aliphatic carbocycles. The van der Waals surface area contributed by atoms with Gasteiger partial charge in [0, 0.05) is 42.7 Å². The predicted molar refractivity (Wildman–Crippen MR) is 124 cm³/mol. The molecule has 0 saturated heterocycles. The molecule has 0 unspecified atom stereocenters. The van der Waals surface area contributed by atoms with Crippen LogP contribution in [0, 0.1) is 5.82 Å². The van der Waals surface area contributed by atoms with Crippen molar-refractivity contribution in [1.82, 2.24) is 15.6 Å². The van der Waals surface area contributed by atoms with E-state index in [4.69, 9.17) is 0 Å². The van der Waals surface area contributed by atoms with Crippen molar-refractivity contribution >= 4 is 40.8 Å². The summed E-state index contributed by atoms with van der Waals surface area (Å²) in [4.78, 5) is 7.64. The predicted octanol–water partition coefficient (Wildman–Crippen LogP) is 4.36. The third-order valence-electron chi connectivity index (χ3n) is 5.47. The average Bonchev–Trinajstić information content (AvgIpc) is 3.38. The molecule has 3 N–H and O–H groups in total. The van der Waals surface area contributed by atoms with Crippen molar-refractivity contribution in [2.24, 2.45) is 4.99 Å². The van der Waals surface area contributed by atoms with Gasteiger partial charge in [-0.3, -0.25) is 4.99 Å². The van der Waals surface area contributed by atoms with Crippen LogP contribution >= 0.6 is 24.0 Å². The number of aromatic amines is 1. The summed E-state index contributed by atoms with van der Waals surface area (Å²) in [5.41, 5.74) is 3.58. The molecule has 0 radical (unpaired) electrons. The van der Waals surface area contributed by atoms with Crippen LogP contribution in [0.25, 0.3) is 10.9 Å². The summed E-state index contributed by atoms with van der Waals surface area (Å²) in [5.74, 6) is 0.623. The number of halogens is 2. The van der Waals surface area contributed by atoms with Gasteiger partial charge in [0.2, 0.25) is 0 Å². The van der Waals surface area contributed by atoms with Gasteiger partial charge in [0.05, 0.1) is 0 Å². The molecule has 0 bridgehead atoms. The van der Waals surface area contributed by atoms with Crippen LogP contribution in [0.5, 0.6) is 0 Å². The van der Waals surface area contributed by atoms with E-state index in [9.17, 15) is 4.39 Å². The molecule has 0 amide bonds. The second kappa shape index (κ2) is 8.94. The van der Waals surface area contributed by atoms with Gasteiger partial charge in [-0.15, -0.1) is 24.0 Å². The quantitative estimate of drug-likeness (QED) is 0.272. The monoisotopic (exact) mass is 492 g/mol. The van der Waals surface area contributed by atoms with Crippen molar-refractivity contribution in [1.29, 1.82) is 0 Å². The maximum atomic E-state index is 13.5. The molecule has 4 rings (SSSR count). The lowest BCUT2D eigenvalue weighted by Crippen LogP contribution is -2.42. The zero-order chi connectivity index (χ0) is 18.7. The van der Waals surface area contributed by atoms with Gasteiger partial charge in [0.1, 0.15) is 5.82 Å². The number of H-pyrrole nitrogens is 1. The lowest BCUT2D eigenvalue weighted by molar-refractivity contribution is 0.607. The Kier molecular flexibility index (Phi) is 6.59. The van der Waals surface area contributed by atoms with Crippen LogP contribution in [0.15, 0.2) is 59.7 Å². The van der Waals surface area contributed by atoms with Gasteiger partial charge in [-0.1, -0.05) is 30.3 Å². The highest BCUT2D eigenvalue weighted by Crippen LogP contribution is 2.47. The Morgan fingerprint density at radius 1 is 1.14 bits per heavy atom. The number of nitrogens with zero attached hydrogens (tertiary/aromatic N) is 1. The van der Waals surface area contributed by atoms with Crippen LogP contribution in [-0.2, 0) is 11.8 Å². The molecule has 1 aromatic heterocycles. The summed E-state index contributed by atoms with van der Waals surface area (Å²) in [5, 5.41) is 8.07. The smallest absolute Gasteiger partial charge is 0.191 e. The van der Waals surface area contributed by atoms with Crippen molar-refractivity contribution in [2.75, 3.05) is 20.1 Å². The SMILES string of the molecule is CN=C(NCCc1c[nH]c2ccccc12)NCC1(c2cccc(F)c2)CC1.I. The lowest BCUT2D eigenvalue weighted by atomic mass is 9.96. The van der Waals surface area contributed by atoms with Gasteiger partial charge >= 0.3 is 0 Å². The second-order valence-corrected chi connectivity index (χ2v) is 7.25. The number of aliphatic imine (C=N–C) groups is 1. The van der Waals surface area contributed by atoms with Crippen molar-refractivity contribution < 1.29 is 4.39 Å². The Morgan fingerprint density at radius 2 is 1.96 bits per heavy atom. The second-order valence-electron chi connectivity index (χ2n) is 7.25. The summed E-state index contributed by atoms with van der Waals surface area (Å²) in [6, 6.07) is 15.3. The maximum absolute atomic E-state index is 13.5. The Morgan fingerprint density at radius 3 is 2.71 bits per heavy atom. The van der Waals surface area contributed by atoms with Crippen LogP contribution in [0.1, 0.15) is 24.0 Å². The van der Waals surface area contributed by atoms with E-state index < -0.39 is 0 Å². The van der Waals surface area contributed by atoms with Crippen LogP contribution in [0.4, 0.5) is 4.39 Å². The molecule has 0 spiro atoms. The summed E-state index contributed by atoms with van der Waals surface area (Å²) < 4.78 is 13.5. The number of nitrogens with one attached hydrogen (secondary N) is 3. The average molecular weight is 492 g/mol. The van der Waals surface area contributed by atoms with Gasteiger partial charge in [0.15, 0.2) is 5.96 Å². The highest BCUT2D eigenvalue weighted by atomic mass is 127. The minimum atomic E-state index is -0.167. The van der Waals surface area contributed by atoms with E-state index in [-0.39, 0.29) is 35.2 Å². The minimum Gasteiger partial charge on any atom is -0.361 e. The number of benzene rings is 2. The Hall–Kier alpha value is -2.09.